The molecule has 0 bridgehead atoms. The van der Waals surface area contributed by atoms with Crippen molar-refractivity contribution in [3.05, 3.63) is 64.5 Å². The van der Waals surface area contributed by atoms with E-state index >= 15 is 0 Å². The van der Waals surface area contributed by atoms with Gasteiger partial charge in [-0.25, -0.2) is 4.79 Å². The van der Waals surface area contributed by atoms with Crippen molar-refractivity contribution >= 4 is 5.97 Å². The standard InChI is InChI=1S/C23H29NO3/c1-4-26-23(25)20-14-15-24-21(17(20)3)13-12-19-6-5-7-22(27-19)18-10-8-16(2)9-11-18/h8-11,14-15,19,22H,4-7,12-13H2,1-3H3/t19-,22+/m1/s1. The van der Waals surface area contributed by atoms with Crippen molar-refractivity contribution < 1.29 is 14.3 Å². The number of benzene rings is 1. The van der Waals surface area contributed by atoms with Crippen LogP contribution in [0.25, 0.3) is 0 Å². The van der Waals surface area contributed by atoms with Gasteiger partial charge in [-0.2, -0.15) is 0 Å². The molecule has 1 aliphatic heterocycles. The first-order chi connectivity index (χ1) is 13.1. The maximum atomic E-state index is 12.1. The summed E-state index contributed by atoms with van der Waals surface area (Å²) >= 11 is 0. The van der Waals surface area contributed by atoms with Crippen LogP contribution in [0.3, 0.4) is 0 Å². The van der Waals surface area contributed by atoms with Gasteiger partial charge in [-0.05, 0) is 70.1 Å². The number of carbonyl (C=O) groups excluding carboxylic acids is 1. The maximum absolute atomic E-state index is 12.1. The van der Waals surface area contributed by atoms with Gasteiger partial charge in [0.25, 0.3) is 0 Å². The number of hydrogen-bond acceptors (Lipinski definition) is 4. The van der Waals surface area contributed by atoms with E-state index in [0.29, 0.717) is 12.2 Å². The number of carbonyl (C=O) groups is 1. The summed E-state index contributed by atoms with van der Waals surface area (Å²) in [5.41, 5.74) is 5.03. The molecular weight excluding hydrogens is 338 g/mol. The Morgan fingerprint density at radius 1 is 1.19 bits per heavy atom. The van der Waals surface area contributed by atoms with Gasteiger partial charge in [0.15, 0.2) is 0 Å². The van der Waals surface area contributed by atoms with Crippen molar-refractivity contribution in [2.45, 2.75) is 65.1 Å². The molecule has 1 aliphatic rings. The quantitative estimate of drug-likeness (QED) is 0.665. The van der Waals surface area contributed by atoms with Crippen molar-refractivity contribution in [1.82, 2.24) is 4.98 Å². The van der Waals surface area contributed by atoms with Crippen LogP contribution in [-0.2, 0) is 15.9 Å². The van der Waals surface area contributed by atoms with Gasteiger partial charge < -0.3 is 9.47 Å². The summed E-state index contributed by atoms with van der Waals surface area (Å²) in [5, 5.41) is 0. The fourth-order valence-electron chi connectivity index (χ4n) is 3.70. The Morgan fingerprint density at radius 2 is 1.96 bits per heavy atom. The van der Waals surface area contributed by atoms with E-state index in [1.54, 1.807) is 12.3 Å². The molecule has 0 saturated carbocycles. The SMILES string of the molecule is CCOC(=O)c1ccnc(CC[C@H]2CCC[C@@H](c3ccc(C)cc3)O2)c1C. The summed E-state index contributed by atoms with van der Waals surface area (Å²) in [6.07, 6.45) is 7.19. The average Bonchev–Trinajstić information content (AvgIpc) is 2.68. The van der Waals surface area contributed by atoms with Crippen molar-refractivity contribution in [2.75, 3.05) is 6.61 Å². The minimum absolute atomic E-state index is 0.185. The summed E-state index contributed by atoms with van der Waals surface area (Å²) in [7, 11) is 0. The van der Waals surface area contributed by atoms with E-state index in [0.717, 1.165) is 36.9 Å². The minimum atomic E-state index is -0.271. The second-order valence-electron chi connectivity index (χ2n) is 7.28. The number of aromatic nitrogens is 1. The van der Waals surface area contributed by atoms with E-state index in [1.807, 2.05) is 13.8 Å². The zero-order chi connectivity index (χ0) is 19.2. The molecule has 4 heteroatoms. The topological polar surface area (TPSA) is 48.4 Å². The van der Waals surface area contributed by atoms with Gasteiger partial charge in [0.1, 0.15) is 0 Å². The fraction of sp³-hybridized carbons (Fsp3) is 0.478. The lowest BCUT2D eigenvalue weighted by atomic mass is 9.95. The molecule has 2 heterocycles. The van der Waals surface area contributed by atoms with Crippen molar-refractivity contribution in [1.29, 1.82) is 0 Å². The Labute approximate surface area is 161 Å². The molecule has 0 aliphatic carbocycles. The van der Waals surface area contributed by atoms with Crippen molar-refractivity contribution in [3.63, 3.8) is 0 Å². The van der Waals surface area contributed by atoms with E-state index in [4.69, 9.17) is 9.47 Å². The van der Waals surface area contributed by atoms with E-state index in [2.05, 4.69) is 36.2 Å². The molecule has 27 heavy (non-hydrogen) atoms. The van der Waals surface area contributed by atoms with Gasteiger partial charge in [-0.3, -0.25) is 4.98 Å². The number of esters is 1. The van der Waals surface area contributed by atoms with Crippen LogP contribution >= 0.6 is 0 Å². The molecule has 0 radical (unpaired) electrons. The van der Waals surface area contributed by atoms with E-state index in [9.17, 15) is 4.79 Å². The van der Waals surface area contributed by atoms with Crippen LogP contribution in [0, 0.1) is 13.8 Å². The predicted molar refractivity (Wildman–Crippen MR) is 106 cm³/mol. The lowest BCUT2D eigenvalue weighted by molar-refractivity contribution is -0.0547. The second-order valence-corrected chi connectivity index (χ2v) is 7.28. The molecule has 1 aromatic carbocycles. The number of rotatable bonds is 6. The van der Waals surface area contributed by atoms with Gasteiger partial charge in [0, 0.05) is 11.9 Å². The van der Waals surface area contributed by atoms with E-state index in [1.165, 1.54) is 17.5 Å². The molecule has 0 unspecified atom stereocenters. The summed E-state index contributed by atoms with van der Waals surface area (Å²) < 4.78 is 11.5. The molecule has 3 rings (SSSR count). The van der Waals surface area contributed by atoms with Crippen LogP contribution < -0.4 is 0 Å². The molecule has 0 N–H and O–H groups in total. The van der Waals surface area contributed by atoms with Crippen LogP contribution in [0.1, 0.15) is 71.5 Å². The fourth-order valence-corrected chi connectivity index (χ4v) is 3.70. The number of pyridine rings is 1. The van der Waals surface area contributed by atoms with Crippen molar-refractivity contribution in [3.8, 4) is 0 Å². The third-order valence-corrected chi connectivity index (χ3v) is 5.31. The number of nitrogens with zero attached hydrogens (tertiary/aromatic N) is 1. The second kappa shape index (κ2) is 9.14. The first-order valence-corrected chi connectivity index (χ1v) is 9.92. The molecule has 4 nitrogen and oxygen atoms in total. The largest absolute Gasteiger partial charge is 0.462 e. The van der Waals surface area contributed by atoms with E-state index < -0.39 is 0 Å². The molecule has 2 aromatic rings. The molecule has 0 spiro atoms. The Balaban J connectivity index is 1.62. The lowest BCUT2D eigenvalue weighted by Gasteiger charge is -2.30. The highest BCUT2D eigenvalue weighted by Crippen LogP contribution is 2.33. The highest BCUT2D eigenvalue weighted by Gasteiger charge is 2.24. The Hall–Kier alpha value is -2.20. The van der Waals surface area contributed by atoms with Gasteiger partial charge in [0.05, 0.1) is 24.4 Å². The Bertz CT molecular complexity index is 770. The third kappa shape index (κ3) is 4.95. The summed E-state index contributed by atoms with van der Waals surface area (Å²) in [4.78, 5) is 16.6. The molecular formula is C23H29NO3. The smallest absolute Gasteiger partial charge is 0.338 e. The highest BCUT2D eigenvalue weighted by molar-refractivity contribution is 5.91. The van der Waals surface area contributed by atoms with Gasteiger partial charge >= 0.3 is 5.97 Å². The predicted octanol–water partition coefficient (Wildman–Crippen LogP) is 5.12. The van der Waals surface area contributed by atoms with Crippen LogP contribution in [0.15, 0.2) is 36.5 Å². The maximum Gasteiger partial charge on any atom is 0.338 e. The first-order valence-electron chi connectivity index (χ1n) is 9.92. The zero-order valence-electron chi connectivity index (χ0n) is 16.5. The first kappa shape index (κ1) is 19.6. The van der Waals surface area contributed by atoms with Crippen LogP contribution in [0.2, 0.25) is 0 Å². The number of ether oxygens (including phenoxy) is 2. The number of aryl methyl sites for hydroxylation is 2. The molecule has 0 amide bonds. The summed E-state index contributed by atoms with van der Waals surface area (Å²) in [6.45, 7) is 6.26. The monoisotopic (exact) mass is 367 g/mol. The highest BCUT2D eigenvalue weighted by atomic mass is 16.5. The molecule has 144 valence electrons. The van der Waals surface area contributed by atoms with Gasteiger partial charge in [-0.1, -0.05) is 29.8 Å². The van der Waals surface area contributed by atoms with Crippen LogP contribution in [0.4, 0.5) is 0 Å². The molecule has 2 atom stereocenters. The Morgan fingerprint density at radius 3 is 2.70 bits per heavy atom. The third-order valence-electron chi connectivity index (χ3n) is 5.31. The minimum Gasteiger partial charge on any atom is -0.462 e. The average molecular weight is 367 g/mol. The Kier molecular flexibility index (Phi) is 6.62. The lowest BCUT2D eigenvalue weighted by Crippen LogP contribution is -2.23. The summed E-state index contributed by atoms with van der Waals surface area (Å²) in [6, 6.07) is 10.4. The number of hydrogen-bond donors (Lipinski definition) is 0. The molecule has 1 fully saturated rings. The van der Waals surface area contributed by atoms with E-state index in [-0.39, 0.29) is 18.2 Å². The van der Waals surface area contributed by atoms with Crippen molar-refractivity contribution in [2.24, 2.45) is 0 Å². The van der Waals surface area contributed by atoms with Crippen LogP contribution in [-0.4, -0.2) is 23.7 Å². The van der Waals surface area contributed by atoms with Crippen LogP contribution in [0.5, 0.6) is 0 Å². The zero-order valence-corrected chi connectivity index (χ0v) is 16.5. The molecule has 1 saturated heterocycles. The van der Waals surface area contributed by atoms with Gasteiger partial charge in [0.2, 0.25) is 0 Å². The summed E-state index contributed by atoms with van der Waals surface area (Å²) in [5.74, 6) is -0.271. The van der Waals surface area contributed by atoms with Gasteiger partial charge in [-0.15, -0.1) is 0 Å². The normalized spacial score (nSPS) is 19.7. The molecule has 1 aromatic heterocycles.